The number of β-amino-alcohol motifs (C(OH)–C–C–N with tert-alkyl or cyclic N) is 1. The summed E-state index contributed by atoms with van der Waals surface area (Å²) in [6.07, 6.45) is 3.65. The van der Waals surface area contributed by atoms with Gasteiger partial charge in [0.25, 0.3) is 0 Å². The van der Waals surface area contributed by atoms with Crippen LogP contribution in [0.25, 0.3) is 16.8 Å². The predicted octanol–water partition coefficient (Wildman–Crippen LogP) is 1.75. The number of nitrogens with zero attached hydrogens (tertiary/aromatic N) is 5. The highest BCUT2D eigenvalue weighted by atomic mass is 16.3. The molecule has 1 fully saturated rings. The standard InChI is InChI=1S/C17H19N5O/c23-16-7-4-8-21(12-16)10-15-9-14(13-5-2-1-3-6-13)11-22-17(15)18-19-20-22/h1-3,5-6,9,11,16,23H,4,7-8,10,12H2/t16-/m0/s1. The molecule has 1 N–H and O–H groups in total. The molecule has 0 unspecified atom stereocenters. The van der Waals surface area contributed by atoms with Crippen LogP contribution in [-0.2, 0) is 6.54 Å². The van der Waals surface area contributed by atoms with E-state index in [1.807, 2.05) is 24.4 Å². The van der Waals surface area contributed by atoms with Crippen molar-refractivity contribution in [3.05, 3.63) is 48.2 Å². The van der Waals surface area contributed by atoms with Crippen molar-refractivity contribution in [3.63, 3.8) is 0 Å². The highest BCUT2D eigenvalue weighted by molar-refractivity contribution is 5.66. The molecule has 3 heterocycles. The van der Waals surface area contributed by atoms with Crippen LogP contribution >= 0.6 is 0 Å². The topological polar surface area (TPSA) is 66.5 Å². The van der Waals surface area contributed by atoms with E-state index in [1.165, 1.54) is 0 Å². The number of benzene rings is 1. The number of fused-ring (bicyclic) bond motifs is 1. The van der Waals surface area contributed by atoms with Crippen molar-refractivity contribution in [2.24, 2.45) is 0 Å². The number of likely N-dealkylation sites (tertiary alicyclic amines) is 1. The molecule has 1 aromatic carbocycles. The second-order valence-electron chi connectivity index (χ2n) is 6.10. The van der Waals surface area contributed by atoms with Gasteiger partial charge in [0.2, 0.25) is 0 Å². The van der Waals surface area contributed by atoms with Gasteiger partial charge >= 0.3 is 0 Å². The minimum atomic E-state index is -0.229. The molecule has 1 aliphatic heterocycles. The molecule has 118 valence electrons. The maximum atomic E-state index is 9.88. The van der Waals surface area contributed by atoms with E-state index in [9.17, 15) is 5.11 Å². The average molecular weight is 309 g/mol. The van der Waals surface area contributed by atoms with Crippen LogP contribution in [-0.4, -0.2) is 49.2 Å². The van der Waals surface area contributed by atoms with E-state index in [4.69, 9.17) is 0 Å². The molecule has 1 saturated heterocycles. The number of tetrazole rings is 1. The summed E-state index contributed by atoms with van der Waals surface area (Å²) >= 11 is 0. The number of aromatic nitrogens is 4. The minimum absolute atomic E-state index is 0.229. The molecule has 0 aliphatic carbocycles. The fourth-order valence-corrected chi connectivity index (χ4v) is 3.23. The van der Waals surface area contributed by atoms with Crippen LogP contribution in [0, 0.1) is 0 Å². The molecule has 6 heteroatoms. The van der Waals surface area contributed by atoms with E-state index in [1.54, 1.807) is 4.52 Å². The molecule has 0 spiro atoms. The summed E-state index contributed by atoms with van der Waals surface area (Å²) < 4.78 is 1.73. The van der Waals surface area contributed by atoms with Crippen LogP contribution in [0.2, 0.25) is 0 Å². The first-order valence-electron chi connectivity index (χ1n) is 7.96. The smallest absolute Gasteiger partial charge is 0.183 e. The maximum absolute atomic E-state index is 9.88. The van der Waals surface area contributed by atoms with Gasteiger partial charge < -0.3 is 5.11 Å². The summed E-state index contributed by atoms with van der Waals surface area (Å²) in [4.78, 5) is 2.27. The van der Waals surface area contributed by atoms with E-state index in [0.29, 0.717) is 6.54 Å². The number of aliphatic hydroxyl groups is 1. The Kier molecular flexibility index (Phi) is 3.77. The first-order valence-corrected chi connectivity index (χ1v) is 7.96. The molecular formula is C17H19N5O. The number of hydrogen-bond acceptors (Lipinski definition) is 5. The fraction of sp³-hybridized carbons (Fsp3) is 0.353. The summed E-state index contributed by atoms with van der Waals surface area (Å²) in [5, 5.41) is 21.9. The molecule has 0 bridgehead atoms. The summed E-state index contributed by atoms with van der Waals surface area (Å²) in [6.45, 7) is 2.46. The Bertz CT molecular complexity index is 801. The molecule has 0 amide bonds. The van der Waals surface area contributed by atoms with E-state index >= 15 is 0 Å². The summed E-state index contributed by atoms with van der Waals surface area (Å²) in [7, 11) is 0. The molecule has 6 nitrogen and oxygen atoms in total. The lowest BCUT2D eigenvalue weighted by atomic mass is 10.0. The number of rotatable bonds is 3. The largest absolute Gasteiger partial charge is 0.392 e. The number of pyridine rings is 1. The van der Waals surface area contributed by atoms with E-state index in [2.05, 4.69) is 38.6 Å². The van der Waals surface area contributed by atoms with Crippen LogP contribution in [0.4, 0.5) is 0 Å². The van der Waals surface area contributed by atoms with Crippen LogP contribution in [0.5, 0.6) is 0 Å². The highest BCUT2D eigenvalue weighted by Crippen LogP contribution is 2.23. The van der Waals surface area contributed by atoms with Crippen molar-refractivity contribution in [1.29, 1.82) is 0 Å². The molecular weight excluding hydrogens is 290 g/mol. The Balaban J connectivity index is 1.71. The van der Waals surface area contributed by atoms with E-state index in [0.717, 1.165) is 48.3 Å². The van der Waals surface area contributed by atoms with Gasteiger partial charge in [-0.25, -0.2) is 0 Å². The average Bonchev–Trinajstić information content (AvgIpc) is 3.04. The van der Waals surface area contributed by atoms with Crippen molar-refractivity contribution in [2.45, 2.75) is 25.5 Å². The normalized spacial score (nSPS) is 19.3. The van der Waals surface area contributed by atoms with Crippen molar-refractivity contribution in [1.82, 2.24) is 24.9 Å². The van der Waals surface area contributed by atoms with Crippen molar-refractivity contribution < 1.29 is 5.11 Å². The van der Waals surface area contributed by atoms with Crippen LogP contribution in [0.3, 0.4) is 0 Å². The molecule has 23 heavy (non-hydrogen) atoms. The fourth-order valence-electron chi connectivity index (χ4n) is 3.23. The zero-order valence-corrected chi connectivity index (χ0v) is 12.8. The number of piperidine rings is 1. The third kappa shape index (κ3) is 2.95. The molecule has 4 rings (SSSR count). The molecule has 0 saturated carbocycles. The van der Waals surface area contributed by atoms with E-state index in [-0.39, 0.29) is 6.10 Å². The quantitative estimate of drug-likeness (QED) is 0.798. The van der Waals surface area contributed by atoms with Crippen molar-refractivity contribution >= 4 is 5.65 Å². The second-order valence-corrected chi connectivity index (χ2v) is 6.10. The summed E-state index contributed by atoms with van der Waals surface area (Å²) in [5.74, 6) is 0. The van der Waals surface area contributed by atoms with Gasteiger partial charge in [-0.3, -0.25) is 4.90 Å². The van der Waals surface area contributed by atoms with Crippen molar-refractivity contribution in [3.8, 4) is 11.1 Å². The van der Waals surface area contributed by atoms with Gasteiger partial charge in [0.15, 0.2) is 5.65 Å². The SMILES string of the molecule is O[C@H]1CCCN(Cc2cc(-c3ccccc3)cn3nnnc23)C1. The Morgan fingerprint density at radius 2 is 2.04 bits per heavy atom. The molecule has 1 aliphatic rings. The van der Waals surface area contributed by atoms with Gasteiger partial charge in [0.1, 0.15) is 0 Å². The Morgan fingerprint density at radius 1 is 1.17 bits per heavy atom. The lowest BCUT2D eigenvalue weighted by molar-refractivity contribution is 0.0670. The second kappa shape index (κ2) is 6.06. The number of aliphatic hydroxyl groups excluding tert-OH is 1. The van der Waals surface area contributed by atoms with Crippen LogP contribution in [0.1, 0.15) is 18.4 Å². The molecule has 3 aromatic rings. The van der Waals surface area contributed by atoms with Crippen LogP contribution in [0.15, 0.2) is 42.6 Å². The summed E-state index contributed by atoms with van der Waals surface area (Å²) in [5.41, 5.74) is 4.11. The van der Waals surface area contributed by atoms with Crippen molar-refractivity contribution in [2.75, 3.05) is 13.1 Å². The predicted molar refractivity (Wildman–Crippen MR) is 86.7 cm³/mol. The zero-order valence-electron chi connectivity index (χ0n) is 12.8. The first kappa shape index (κ1) is 14.3. The third-order valence-corrected chi connectivity index (χ3v) is 4.35. The molecule has 1 atom stereocenters. The monoisotopic (exact) mass is 309 g/mol. The molecule has 0 radical (unpaired) electrons. The highest BCUT2D eigenvalue weighted by Gasteiger charge is 2.19. The van der Waals surface area contributed by atoms with Gasteiger partial charge in [-0.1, -0.05) is 30.3 Å². The van der Waals surface area contributed by atoms with Gasteiger partial charge in [0, 0.05) is 30.4 Å². The molecule has 2 aromatic heterocycles. The van der Waals surface area contributed by atoms with Gasteiger partial charge in [0.05, 0.1) is 6.10 Å². The summed E-state index contributed by atoms with van der Waals surface area (Å²) in [6, 6.07) is 12.4. The zero-order chi connectivity index (χ0) is 15.6. The third-order valence-electron chi connectivity index (χ3n) is 4.35. The van der Waals surface area contributed by atoms with Gasteiger partial charge in [-0.05, 0) is 41.4 Å². The Labute approximate surface area is 134 Å². The Morgan fingerprint density at radius 3 is 2.87 bits per heavy atom. The number of hydrogen-bond donors (Lipinski definition) is 1. The Hall–Kier alpha value is -2.31. The lowest BCUT2D eigenvalue weighted by Gasteiger charge is -2.30. The lowest BCUT2D eigenvalue weighted by Crippen LogP contribution is -2.37. The minimum Gasteiger partial charge on any atom is -0.392 e. The maximum Gasteiger partial charge on any atom is 0.183 e. The van der Waals surface area contributed by atoms with Gasteiger partial charge in [-0.15, -0.1) is 5.10 Å². The first-order chi connectivity index (χ1) is 11.3. The van der Waals surface area contributed by atoms with Gasteiger partial charge in [-0.2, -0.15) is 4.52 Å². The van der Waals surface area contributed by atoms with Crippen LogP contribution < -0.4 is 0 Å². The van der Waals surface area contributed by atoms with E-state index < -0.39 is 0 Å².